The molecule has 0 radical (unpaired) electrons. The molecule has 1 heterocycles. The zero-order chi connectivity index (χ0) is 19.2. The number of hydrogen-bond acceptors (Lipinski definition) is 4. The van der Waals surface area contributed by atoms with Crippen molar-refractivity contribution in [1.82, 2.24) is 4.90 Å². The van der Waals surface area contributed by atoms with Gasteiger partial charge >= 0.3 is 5.97 Å². The summed E-state index contributed by atoms with van der Waals surface area (Å²) in [5.74, 6) is -0.669. The molecule has 1 aliphatic heterocycles. The molecule has 2 aromatic carbocycles. The monoisotopic (exact) mass is 386 g/mol. The molecule has 1 unspecified atom stereocenters. The van der Waals surface area contributed by atoms with E-state index in [4.69, 9.17) is 16.3 Å². The summed E-state index contributed by atoms with van der Waals surface area (Å²) in [6, 6.07) is 14.7. The van der Waals surface area contributed by atoms with Gasteiger partial charge in [0.25, 0.3) is 0 Å². The molecule has 1 N–H and O–H groups in total. The third-order valence-corrected chi connectivity index (χ3v) is 5.19. The maximum atomic E-state index is 12.8. The summed E-state index contributed by atoms with van der Waals surface area (Å²) in [6.45, 7) is 2.33. The molecule has 0 spiro atoms. The van der Waals surface area contributed by atoms with Gasteiger partial charge in [-0.15, -0.1) is 0 Å². The van der Waals surface area contributed by atoms with Gasteiger partial charge in [-0.05, 0) is 43.1 Å². The number of esters is 1. The molecule has 1 aliphatic rings. The summed E-state index contributed by atoms with van der Waals surface area (Å²) in [7, 11) is 1.33. The Labute approximate surface area is 164 Å². The SMILES string of the molecule is COC(=O)c1ccccc1NC(=O)C1CCCN(Cc2ccccc2Cl)C1. The molecule has 142 valence electrons. The summed E-state index contributed by atoms with van der Waals surface area (Å²) in [5, 5.41) is 3.65. The van der Waals surface area contributed by atoms with Gasteiger partial charge in [-0.2, -0.15) is 0 Å². The molecule has 0 bridgehead atoms. The number of ether oxygens (including phenoxy) is 1. The number of benzene rings is 2. The quantitative estimate of drug-likeness (QED) is 0.790. The summed E-state index contributed by atoms with van der Waals surface area (Å²) in [4.78, 5) is 26.9. The molecular formula is C21H23ClN2O3. The van der Waals surface area contributed by atoms with Crippen LogP contribution in [0.25, 0.3) is 0 Å². The van der Waals surface area contributed by atoms with E-state index in [1.807, 2.05) is 24.3 Å². The number of amides is 1. The Hall–Kier alpha value is -2.37. The third kappa shape index (κ3) is 4.87. The van der Waals surface area contributed by atoms with Crippen LogP contribution in [0.3, 0.4) is 0 Å². The molecular weight excluding hydrogens is 364 g/mol. The van der Waals surface area contributed by atoms with Crippen molar-refractivity contribution < 1.29 is 14.3 Å². The Balaban J connectivity index is 1.65. The van der Waals surface area contributed by atoms with E-state index < -0.39 is 5.97 Å². The second kappa shape index (κ2) is 9.02. The predicted molar refractivity (Wildman–Crippen MR) is 106 cm³/mol. The molecule has 27 heavy (non-hydrogen) atoms. The first-order chi connectivity index (χ1) is 13.1. The Morgan fingerprint density at radius 3 is 2.70 bits per heavy atom. The van der Waals surface area contributed by atoms with E-state index >= 15 is 0 Å². The highest BCUT2D eigenvalue weighted by Crippen LogP contribution is 2.24. The minimum Gasteiger partial charge on any atom is -0.465 e. The molecule has 0 aromatic heterocycles. The van der Waals surface area contributed by atoms with E-state index in [0.717, 1.165) is 36.5 Å². The lowest BCUT2D eigenvalue weighted by atomic mass is 9.96. The average Bonchev–Trinajstić information content (AvgIpc) is 2.70. The zero-order valence-electron chi connectivity index (χ0n) is 15.3. The minimum absolute atomic E-state index is 0.0739. The fourth-order valence-electron chi connectivity index (χ4n) is 3.40. The number of hydrogen-bond donors (Lipinski definition) is 1. The lowest BCUT2D eigenvalue weighted by molar-refractivity contribution is -0.121. The first-order valence-corrected chi connectivity index (χ1v) is 9.40. The van der Waals surface area contributed by atoms with Crippen LogP contribution in [-0.4, -0.2) is 37.0 Å². The number of nitrogens with zero attached hydrogens (tertiary/aromatic N) is 1. The summed E-state index contributed by atoms with van der Waals surface area (Å²) in [6.07, 6.45) is 1.77. The Bertz CT molecular complexity index is 825. The Kier molecular flexibility index (Phi) is 6.48. The standard InChI is InChI=1S/C21H23ClN2O3/c1-27-21(26)17-9-3-5-11-19(17)23-20(25)16-8-6-12-24(14-16)13-15-7-2-4-10-18(15)22/h2-5,7,9-11,16H,6,8,12-14H2,1H3,(H,23,25). The molecule has 6 heteroatoms. The van der Waals surface area contributed by atoms with Gasteiger partial charge in [-0.1, -0.05) is 41.9 Å². The van der Waals surface area contributed by atoms with Crippen LogP contribution in [0.2, 0.25) is 5.02 Å². The molecule has 0 aliphatic carbocycles. The fraction of sp³-hybridized carbons (Fsp3) is 0.333. The van der Waals surface area contributed by atoms with Gasteiger partial charge in [0.2, 0.25) is 5.91 Å². The summed E-state index contributed by atoms with van der Waals surface area (Å²) >= 11 is 6.26. The van der Waals surface area contributed by atoms with Crippen molar-refractivity contribution in [1.29, 1.82) is 0 Å². The maximum Gasteiger partial charge on any atom is 0.339 e. The second-order valence-electron chi connectivity index (χ2n) is 6.69. The van der Waals surface area contributed by atoms with Gasteiger partial charge in [0.05, 0.1) is 24.3 Å². The smallest absolute Gasteiger partial charge is 0.339 e. The average molecular weight is 387 g/mol. The van der Waals surface area contributed by atoms with E-state index in [9.17, 15) is 9.59 Å². The van der Waals surface area contributed by atoms with E-state index in [1.165, 1.54) is 7.11 Å². The van der Waals surface area contributed by atoms with Gasteiger partial charge in [-0.3, -0.25) is 9.69 Å². The highest BCUT2D eigenvalue weighted by atomic mass is 35.5. The van der Waals surface area contributed by atoms with Crippen LogP contribution in [0.15, 0.2) is 48.5 Å². The number of halogens is 1. The van der Waals surface area contributed by atoms with Crippen LogP contribution >= 0.6 is 11.6 Å². The predicted octanol–water partition coefficient (Wildman–Crippen LogP) is 3.98. The third-order valence-electron chi connectivity index (χ3n) is 4.82. The summed E-state index contributed by atoms with van der Waals surface area (Å²) in [5.41, 5.74) is 1.91. The molecule has 1 amide bonds. The highest BCUT2D eigenvalue weighted by molar-refractivity contribution is 6.31. The molecule has 3 rings (SSSR count). The Morgan fingerprint density at radius 2 is 1.93 bits per heavy atom. The minimum atomic E-state index is -0.463. The van der Waals surface area contributed by atoms with Crippen LogP contribution in [-0.2, 0) is 16.1 Å². The second-order valence-corrected chi connectivity index (χ2v) is 7.10. The molecule has 2 aromatic rings. The van der Waals surface area contributed by atoms with Crippen LogP contribution < -0.4 is 5.32 Å². The van der Waals surface area contributed by atoms with Gasteiger partial charge in [0.1, 0.15) is 0 Å². The van der Waals surface area contributed by atoms with E-state index in [0.29, 0.717) is 17.8 Å². The van der Waals surface area contributed by atoms with Crippen LogP contribution in [0.1, 0.15) is 28.8 Å². The topological polar surface area (TPSA) is 58.6 Å². The highest BCUT2D eigenvalue weighted by Gasteiger charge is 2.27. The van der Waals surface area contributed by atoms with Crippen molar-refractivity contribution in [3.8, 4) is 0 Å². The number of nitrogens with one attached hydrogen (secondary N) is 1. The largest absolute Gasteiger partial charge is 0.465 e. The lowest BCUT2D eigenvalue weighted by Gasteiger charge is -2.32. The summed E-state index contributed by atoms with van der Waals surface area (Å²) < 4.78 is 4.79. The van der Waals surface area contributed by atoms with Crippen molar-refractivity contribution in [3.05, 3.63) is 64.7 Å². The molecule has 1 fully saturated rings. The number of piperidine rings is 1. The van der Waals surface area contributed by atoms with Crippen molar-refractivity contribution >= 4 is 29.2 Å². The molecule has 0 saturated carbocycles. The zero-order valence-corrected chi connectivity index (χ0v) is 16.0. The van der Waals surface area contributed by atoms with E-state index in [-0.39, 0.29) is 11.8 Å². The first kappa shape index (κ1) is 19.4. The van der Waals surface area contributed by atoms with Gasteiger partial charge in [-0.25, -0.2) is 4.79 Å². The fourth-order valence-corrected chi connectivity index (χ4v) is 3.59. The number of rotatable bonds is 5. The van der Waals surface area contributed by atoms with Crippen LogP contribution in [0.4, 0.5) is 5.69 Å². The number of carbonyl (C=O) groups is 2. The van der Waals surface area contributed by atoms with Crippen LogP contribution in [0.5, 0.6) is 0 Å². The first-order valence-electron chi connectivity index (χ1n) is 9.02. The molecule has 1 saturated heterocycles. The van der Waals surface area contributed by atoms with Crippen LogP contribution in [0, 0.1) is 5.92 Å². The van der Waals surface area contributed by atoms with Gasteiger partial charge in [0.15, 0.2) is 0 Å². The van der Waals surface area contributed by atoms with E-state index in [1.54, 1.807) is 24.3 Å². The number of anilines is 1. The lowest BCUT2D eigenvalue weighted by Crippen LogP contribution is -2.40. The van der Waals surface area contributed by atoms with Gasteiger partial charge in [0, 0.05) is 18.1 Å². The van der Waals surface area contributed by atoms with Crippen molar-refractivity contribution in [2.75, 3.05) is 25.5 Å². The number of para-hydroxylation sites is 1. The number of likely N-dealkylation sites (tertiary alicyclic amines) is 1. The van der Waals surface area contributed by atoms with Crippen molar-refractivity contribution in [2.24, 2.45) is 5.92 Å². The molecule has 5 nitrogen and oxygen atoms in total. The normalized spacial score (nSPS) is 17.3. The van der Waals surface area contributed by atoms with Crippen molar-refractivity contribution in [3.63, 3.8) is 0 Å². The van der Waals surface area contributed by atoms with E-state index in [2.05, 4.69) is 10.2 Å². The maximum absolute atomic E-state index is 12.8. The number of methoxy groups -OCH3 is 1. The van der Waals surface area contributed by atoms with Crippen molar-refractivity contribution in [2.45, 2.75) is 19.4 Å². The number of carbonyl (C=O) groups excluding carboxylic acids is 2. The molecule has 1 atom stereocenters. The van der Waals surface area contributed by atoms with Gasteiger partial charge < -0.3 is 10.1 Å². The Morgan fingerprint density at radius 1 is 1.19 bits per heavy atom.